The summed E-state index contributed by atoms with van der Waals surface area (Å²) < 4.78 is 25.6. The zero-order valence-corrected chi connectivity index (χ0v) is 12.9. The van der Waals surface area contributed by atoms with Crippen LogP contribution in [-0.4, -0.2) is 8.42 Å². The normalized spacial score (nSPS) is 12.6. The molecular weight excluding hydrogens is 338 g/mol. The summed E-state index contributed by atoms with van der Waals surface area (Å²) in [5.74, 6) is -0.132. The van der Waals surface area contributed by atoms with Crippen LogP contribution in [0.4, 0.5) is 0 Å². The van der Waals surface area contributed by atoms with Crippen molar-refractivity contribution in [1.82, 2.24) is 0 Å². The van der Waals surface area contributed by atoms with Gasteiger partial charge in [-0.2, -0.15) is 0 Å². The lowest BCUT2D eigenvalue weighted by atomic mass is 10.2. The number of nitrogens with zero attached hydrogens (tertiary/aromatic N) is 1. The van der Waals surface area contributed by atoms with E-state index in [0.717, 1.165) is 4.47 Å². The Morgan fingerprint density at radius 1 is 1.10 bits per heavy atom. The van der Waals surface area contributed by atoms with Crippen LogP contribution >= 0.6 is 15.9 Å². The van der Waals surface area contributed by atoms with Gasteiger partial charge in [0.25, 0.3) is 0 Å². The minimum Gasteiger partial charge on any atom is -0.291 e. The number of hydrogen-bond donors (Lipinski definition) is 0. The maximum Gasteiger partial charge on any atom is 0.346 e. The molecule has 0 bridgehead atoms. The second kappa shape index (κ2) is 6.21. The lowest BCUT2D eigenvalue weighted by Gasteiger charge is -2.08. The molecule has 0 saturated carbocycles. The molecule has 0 aliphatic carbocycles. The SMILES string of the molecule is [C-]#[N+]C(c1cccc(Br)c1)S(=O)(=O)Cc1ccccc1. The Morgan fingerprint density at radius 2 is 1.80 bits per heavy atom. The van der Waals surface area contributed by atoms with Crippen LogP contribution in [-0.2, 0) is 15.6 Å². The highest BCUT2D eigenvalue weighted by Crippen LogP contribution is 2.28. The van der Waals surface area contributed by atoms with Gasteiger partial charge in [-0.25, -0.2) is 15.0 Å². The Morgan fingerprint density at radius 3 is 2.40 bits per heavy atom. The van der Waals surface area contributed by atoms with Crippen molar-refractivity contribution in [3.8, 4) is 0 Å². The van der Waals surface area contributed by atoms with Gasteiger partial charge in [0.2, 0.25) is 9.84 Å². The van der Waals surface area contributed by atoms with E-state index in [1.54, 1.807) is 48.5 Å². The highest BCUT2D eigenvalue weighted by Gasteiger charge is 2.32. The highest BCUT2D eigenvalue weighted by molar-refractivity contribution is 9.10. The van der Waals surface area contributed by atoms with E-state index in [0.29, 0.717) is 11.1 Å². The van der Waals surface area contributed by atoms with Crippen LogP contribution < -0.4 is 0 Å². The van der Waals surface area contributed by atoms with Gasteiger partial charge in [0.05, 0.1) is 11.3 Å². The average Bonchev–Trinajstić information content (AvgIpc) is 2.39. The molecule has 20 heavy (non-hydrogen) atoms. The molecule has 0 aliphatic heterocycles. The molecule has 0 saturated heterocycles. The topological polar surface area (TPSA) is 38.5 Å². The first kappa shape index (κ1) is 14.8. The van der Waals surface area contributed by atoms with Gasteiger partial charge < -0.3 is 0 Å². The molecule has 2 aromatic carbocycles. The standard InChI is InChI=1S/C15H12BrNO2S/c1-17-15(13-8-5-9-14(16)10-13)20(18,19)11-12-6-3-2-4-7-12/h2-10,15H,11H2. The molecule has 1 unspecified atom stereocenters. The maximum absolute atomic E-state index is 12.4. The molecule has 102 valence electrons. The van der Waals surface area contributed by atoms with Crippen molar-refractivity contribution in [2.45, 2.75) is 11.1 Å². The van der Waals surface area contributed by atoms with Crippen LogP contribution in [0.1, 0.15) is 16.5 Å². The smallest absolute Gasteiger partial charge is 0.291 e. The van der Waals surface area contributed by atoms with E-state index in [1.807, 2.05) is 6.07 Å². The van der Waals surface area contributed by atoms with Crippen molar-refractivity contribution in [3.63, 3.8) is 0 Å². The number of halogens is 1. The summed E-state index contributed by atoms with van der Waals surface area (Å²) in [4.78, 5) is 3.31. The molecule has 0 spiro atoms. The van der Waals surface area contributed by atoms with Gasteiger partial charge in [0.15, 0.2) is 0 Å². The third-order valence-electron chi connectivity index (χ3n) is 2.80. The first-order valence-corrected chi connectivity index (χ1v) is 8.41. The zero-order valence-electron chi connectivity index (χ0n) is 10.5. The van der Waals surface area contributed by atoms with Crippen LogP contribution in [0.5, 0.6) is 0 Å². The summed E-state index contributed by atoms with van der Waals surface area (Å²) in [7, 11) is -3.57. The number of hydrogen-bond acceptors (Lipinski definition) is 2. The first-order valence-electron chi connectivity index (χ1n) is 5.90. The molecule has 2 rings (SSSR count). The van der Waals surface area contributed by atoms with Crippen molar-refractivity contribution in [2.24, 2.45) is 0 Å². The Hall–Kier alpha value is -1.64. The minimum absolute atomic E-state index is 0.132. The monoisotopic (exact) mass is 349 g/mol. The number of rotatable bonds is 4. The Bertz CT molecular complexity index is 736. The summed E-state index contributed by atoms with van der Waals surface area (Å²) in [5.41, 5.74) is 1.18. The largest absolute Gasteiger partial charge is 0.346 e. The Balaban J connectivity index is 2.34. The van der Waals surface area contributed by atoms with E-state index < -0.39 is 15.2 Å². The molecule has 0 radical (unpaired) electrons. The quantitative estimate of drug-likeness (QED) is 0.783. The van der Waals surface area contributed by atoms with E-state index in [9.17, 15) is 8.42 Å². The lowest BCUT2D eigenvalue weighted by Crippen LogP contribution is -2.12. The number of benzene rings is 2. The predicted molar refractivity (Wildman–Crippen MR) is 82.6 cm³/mol. The Kier molecular flexibility index (Phi) is 4.58. The summed E-state index contributed by atoms with van der Waals surface area (Å²) in [6, 6.07) is 15.8. The highest BCUT2D eigenvalue weighted by atomic mass is 79.9. The summed E-state index contributed by atoms with van der Waals surface area (Å²) >= 11 is 3.30. The van der Waals surface area contributed by atoms with Gasteiger partial charge >= 0.3 is 5.37 Å². The molecule has 0 aliphatic rings. The van der Waals surface area contributed by atoms with Gasteiger partial charge in [0.1, 0.15) is 0 Å². The Labute approximate surface area is 127 Å². The first-order chi connectivity index (χ1) is 9.53. The molecular formula is C15H12BrNO2S. The fourth-order valence-corrected chi connectivity index (χ4v) is 3.86. The maximum atomic E-state index is 12.4. The van der Waals surface area contributed by atoms with Crippen LogP contribution in [0.2, 0.25) is 0 Å². The molecule has 3 nitrogen and oxygen atoms in total. The zero-order chi connectivity index (χ0) is 14.6. The predicted octanol–water partition coefficient (Wildman–Crippen LogP) is 3.98. The van der Waals surface area contributed by atoms with E-state index in [4.69, 9.17) is 6.57 Å². The third kappa shape index (κ3) is 3.47. The molecule has 1 atom stereocenters. The number of sulfone groups is 1. The van der Waals surface area contributed by atoms with E-state index >= 15 is 0 Å². The van der Waals surface area contributed by atoms with E-state index in [-0.39, 0.29) is 5.75 Å². The fraction of sp³-hybridized carbons (Fsp3) is 0.133. The third-order valence-corrected chi connectivity index (χ3v) is 5.09. The van der Waals surface area contributed by atoms with E-state index in [2.05, 4.69) is 20.8 Å². The fourth-order valence-electron chi connectivity index (χ4n) is 1.91. The summed E-state index contributed by atoms with van der Waals surface area (Å²) in [6.07, 6.45) is 0. The molecule has 0 heterocycles. The molecule has 0 N–H and O–H groups in total. The van der Waals surface area contributed by atoms with E-state index in [1.165, 1.54) is 0 Å². The lowest BCUT2D eigenvalue weighted by molar-refractivity contribution is 0.589. The van der Waals surface area contributed by atoms with Gasteiger partial charge in [-0.1, -0.05) is 58.4 Å². The minimum atomic E-state index is -3.57. The van der Waals surface area contributed by atoms with Gasteiger partial charge in [-0.3, -0.25) is 4.85 Å². The second-order valence-electron chi connectivity index (χ2n) is 4.33. The van der Waals surface area contributed by atoms with Crippen molar-refractivity contribution in [1.29, 1.82) is 0 Å². The van der Waals surface area contributed by atoms with Crippen molar-refractivity contribution in [3.05, 3.63) is 81.6 Å². The van der Waals surface area contributed by atoms with Crippen LogP contribution in [0.25, 0.3) is 4.85 Å². The molecule has 0 amide bonds. The van der Waals surface area contributed by atoms with Gasteiger partial charge in [-0.05, 0) is 17.7 Å². The van der Waals surface area contributed by atoms with Crippen LogP contribution in [0, 0.1) is 6.57 Å². The van der Waals surface area contributed by atoms with Gasteiger partial charge in [0, 0.05) is 4.47 Å². The molecule has 5 heteroatoms. The van der Waals surface area contributed by atoms with Gasteiger partial charge in [-0.15, -0.1) is 0 Å². The molecule has 0 fully saturated rings. The average molecular weight is 350 g/mol. The van der Waals surface area contributed by atoms with Crippen LogP contribution in [0.15, 0.2) is 59.1 Å². The van der Waals surface area contributed by atoms with Crippen LogP contribution in [0.3, 0.4) is 0 Å². The molecule has 0 aromatic heterocycles. The summed E-state index contributed by atoms with van der Waals surface area (Å²) in [5, 5.41) is -1.17. The second-order valence-corrected chi connectivity index (χ2v) is 7.31. The van der Waals surface area contributed by atoms with Crippen molar-refractivity contribution >= 4 is 25.8 Å². The van der Waals surface area contributed by atoms with Crippen molar-refractivity contribution < 1.29 is 8.42 Å². The van der Waals surface area contributed by atoms with Crippen molar-refractivity contribution in [2.75, 3.05) is 0 Å². The molecule has 2 aromatic rings. The summed E-state index contributed by atoms with van der Waals surface area (Å²) in [6.45, 7) is 7.22.